The van der Waals surface area contributed by atoms with Crippen LogP contribution in [0.1, 0.15) is 23.7 Å². The lowest BCUT2D eigenvalue weighted by Crippen LogP contribution is -2.47. The largest absolute Gasteiger partial charge is 0.481 e. The van der Waals surface area contributed by atoms with Gasteiger partial charge in [0.15, 0.2) is 6.10 Å². The Kier molecular flexibility index (Phi) is 5.68. The molecule has 7 nitrogen and oxygen atoms in total. The molecule has 0 radical (unpaired) electrons. The van der Waals surface area contributed by atoms with Crippen LogP contribution in [0.25, 0.3) is 0 Å². The van der Waals surface area contributed by atoms with Crippen LogP contribution in [0.2, 0.25) is 0 Å². The van der Waals surface area contributed by atoms with Crippen molar-refractivity contribution in [1.82, 2.24) is 5.32 Å². The predicted octanol–water partition coefficient (Wildman–Crippen LogP) is 0.184. The average molecular weight is 334 g/mol. The van der Waals surface area contributed by atoms with Crippen LogP contribution in [0.15, 0.2) is 24.3 Å². The minimum absolute atomic E-state index is 0.158. The van der Waals surface area contributed by atoms with Gasteiger partial charge in [0, 0.05) is 0 Å². The molecule has 2 amide bonds. The highest BCUT2D eigenvalue weighted by atomic mass is 19.4. The maximum atomic E-state index is 12.4. The molecule has 0 unspecified atom stereocenters. The second kappa shape index (κ2) is 7.09. The normalized spacial score (nSPS) is 13.9. The maximum Gasteiger partial charge on any atom is 0.416 e. The van der Waals surface area contributed by atoms with Crippen molar-refractivity contribution in [2.24, 2.45) is 5.73 Å². The minimum Gasteiger partial charge on any atom is -0.481 e. The van der Waals surface area contributed by atoms with Crippen molar-refractivity contribution in [2.45, 2.75) is 24.7 Å². The van der Waals surface area contributed by atoms with E-state index in [9.17, 15) is 32.7 Å². The quantitative estimate of drug-likeness (QED) is 0.590. The van der Waals surface area contributed by atoms with E-state index < -0.39 is 48.1 Å². The van der Waals surface area contributed by atoms with E-state index in [1.165, 1.54) is 0 Å². The first-order valence-corrected chi connectivity index (χ1v) is 6.19. The Morgan fingerprint density at radius 3 is 2.09 bits per heavy atom. The third kappa shape index (κ3) is 5.25. The number of nitrogens with two attached hydrogens (primary N) is 1. The molecule has 0 heterocycles. The summed E-state index contributed by atoms with van der Waals surface area (Å²) in [6, 6.07) is 1.58. The first-order chi connectivity index (χ1) is 10.5. The number of carbonyl (C=O) groups is 3. The molecule has 1 rings (SSSR count). The highest BCUT2D eigenvalue weighted by Gasteiger charge is 2.31. The van der Waals surface area contributed by atoms with E-state index in [0.717, 1.165) is 12.1 Å². The van der Waals surface area contributed by atoms with Gasteiger partial charge in [0.1, 0.15) is 6.04 Å². The van der Waals surface area contributed by atoms with Crippen molar-refractivity contribution in [3.8, 4) is 0 Å². The zero-order valence-corrected chi connectivity index (χ0v) is 11.5. The maximum absolute atomic E-state index is 12.4. The van der Waals surface area contributed by atoms with Gasteiger partial charge in [-0.25, -0.2) is 0 Å². The molecule has 5 N–H and O–H groups in total. The van der Waals surface area contributed by atoms with Crippen molar-refractivity contribution in [2.75, 3.05) is 0 Å². The van der Waals surface area contributed by atoms with Crippen LogP contribution in [-0.4, -0.2) is 34.0 Å². The van der Waals surface area contributed by atoms with E-state index in [1.807, 2.05) is 5.32 Å². The Hall–Kier alpha value is -2.62. The zero-order valence-electron chi connectivity index (χ0n) is 11.5. The van der Waals surface area contributed by atoms with Crippen LogP contribution >= 0.6 is 0 Å². The van der Waals surface area contributed by atoms with Gasteiger partial charge in [-0.15, -0.1) is 0 Å². The molecule has 0 aliphatic rings. The van der Waals surface area contributed by atoms with Crippen molar-refractivity contribution in [3.05, 3.63) is 35.4 Å². The number of hydrogen-bond donors (Lipinski definition) is 4. The lowest BCUT2D eigenvalue weighted by Gasteiger charge is -2.17. The number of amides is 2. The number of aliphatic carboxylic acids is 1. The van der Waals surface area contributed by atoms with Crippen molar-refractivity contribution in [3.63, 3.8) is 0 Å². The fourth-order valence-corrected chi connectivity index (χ4v) is 1.65. The molecule has 0 saturated carbocycles. The van der Waals surface area contributed by atoms with Crippen LogP contribution in [0.3, 0.4) is 0 Å². The molecule has 1 aromatic carbocycles. The fraction of sp³-hybridized carbons (Fsp3) is 0.308. The lowest BCUT2D eigenvalue weighted by atomic mass is 10.1. The van der Waals surface area contributed by atoms with Crippen LogP contribution in [0.5, 0.6) is 0 Å². The van der Waals surface area contributed by atoms with Crippen molar-refractivity contribution >= 4 is 17.8 Å². The summed E-state index contributed by atoms with van der Waals surface area (Å²) in [4.78, 5) is 33.3. The number of carbonyl (C=O) groups excluding carboxylic acids is 2. The summed E-state index contributed by atoms with van der Waals surface area (Å²) in [6.45, 7) is 0. The average Bonchev–Trinajstić information content (AvgIpc) is 2.44. The van der Waals surface area contributed by atoms with Gasteiger partial charge in [-0.05, 0) is 17.7 Å². The number of nitrogens with one attached hydrogen (secondary N) is 1. The van der Waals surface area contributed by atoms with Crippen LogP contribution in [0.4, 0.5) is 13.2 Å². The smallest absolute Gasteiger partial charge is 0.416 e. The number of rotatable bonds is 6. The molecular formula is C13H13F3N2O5. The molecule has 0 bridgehead atoms. The van der Waals surface area contributed by atoms with Gasteiger partial charge in [0.05, 0.1) is 12.0 Å². The molecule has 0 saturated heterocycles. The predicted molar refractivity (Wildman–Crippen MR) is 69.8 cm³/mol. The molecule has 0 aromatic heterocycles. The fourth-order valence-electron chi connectivity index (χ4n) is 1.65. The molecule has 0 fully saturated rings. The molecule has 1 aromatic rings. The summed E-state index contributed by atoms with van der Waals surface area (Å²) >= 11 is 0. The molecular weight excluding hydrogens is 321 g/mol. The highest BCUT2D eigenvalue weighted by molar-refractivity contribution is 5.91. The third-order valence-corrected chi connectivity index (χ3v) is 2.84. The molecule has 10 heteroatoms. The monoisotopic (exact) mass is 334 g/mol. The highest BCUT2D eigenvalue weighted by Crippen LogP contribution is 2.29. The SMILES string of the molecule is NC(=O)[C@H](CC(=O)O)NC(=O)[C@H](O)c1ccc(C(F)(F)F)cc1. The van der Waals surface area contributed by atoms with E-state index in [4.69, 9.17) is 10.8 Å². The Morgan fingerprint density at radius 2 is 1.70 bits per heavy atom. The van der Waals surface area contributed by atoms with E-state index in [2.05, 4.69) is 0 Å². The van der Waals surface area contributed by atoms with Crippen molar-refractivity contribution < 1.29 is 37.8 Å². The number of hydrogen-bond acceptors (Lipinski definition) is 4. The Bertz CT molecular complexity index is 601. The Balaban J connectivity index is 2.83. The Labute approximate surface area is 127 Å². The number of benzene rings is 1. The molecule has 126 valence electrons. The number of alkyl halides is 3. The number of aliphatic hydroxyl groups excluding tert-OH is 1. The summed E-state index contributed by atoms with van der Waals surface area (Å²) in [7, 11) is 0. The van der Waals surface area contributed by atoms with Crippen LogP contribution < -0.4 is 11.1 Å². The number of carboxylic acids is 1. The second-order valence-corrected chi connectivity index (χ2v) is 4.58. The molecule has 0 spiro atoms. The minimum atomic E-state index is -4.57. The van der Waals surface area contributed by atoms with Crippen molar-refractivity contribution in [1.29, 1.82) is 0 Å². The van der Waals surface area contributed by atoms with Crippen LogP contribution in [0, 0.1) is 0 Å². The van der Waals surface area contributed by atoms with Gasteiger partial charge >= 0.3 is 12.1 Å². The summed E-state index contributed by atoms with van der Waals surface area (Å²) in [5.74, 6) is -3.69. The van der Waals surface area contributed by atoms with Gasteiger partial charge in [0.25, 0.3) is 5.91 Å². The van der Waals surface area contributed by atoms with E-state index in [-0.39, 0.29) is 5.56 Å². The topological polar surface area (TPSA) is 130 Å². The summed E-state index contributed by atoms with van der Waals surface area (Å²) < 4.78 is 37.2. The summed E-state index contributed by atoms with van der Waals surface area (Å²) in [5.41, 5.74) is 3.79. The molecule has 2 atom stereocenters. The molecule has 0 aliphatic carbocycles. The van der Waals surface area contributed by atoms with E-state index >= 15 is 0 Å². The molecule has 0 aliphatic heterocycles. The number of primary amides is 1. The zero-order chi connectivity index (χ0) is 17.8. The number of halogens is 3. The molecule has 23 heavy (non-hydrogen) atoms. The van der Waals surface area contributed by atoms with Crippen LogP contribution in [-0.2, 0) is 20.6 Å². The number of aliphatic hydroxyl groups is 1. The van der Waals surface area contributed by atoms with Gasteiger partial charge in [0.2, 0.25) is 5.91 Å². The third-order valence-electron chi connectivity index (χ3n) is 2.84. The van der Waals surface area contributed by atoms with Gasteiger partial charge < -0.3 is 21.3 Å². The first-order valence-electron chi connectivity index (χ1n) is 6.19. The van der Waals surface area contributed by atoms with Gasteiger partial charge in [-0.2, -0.15) is 13.2 Å². The van der Waals surface area contributed by atoms with E-state index in [0.29, 0.717) is 12.1 Å². The Morgan fingerprint density at radius 1 is 1.17 bits per heavy atom. The lowest BCUT2D eigenvalue weighted by molar-refractivity contribution is -0.141. The first kappa shape index (κ1) is 18.4. The van der Waals surface area contributed by atoms with Gasteiger partial charge in [-0.1, -0.05) is 12.1 Å². The number of carboxylic acid groups (broad SMARTS) is 1. The van der Waals surface area contributed by atoms with E-state index in [1.54, 1.807) is 0 Å². The summed E-state index contributed by atoms with van der Waals surface area (Å²) in [6.07, 6.45) is -7.24. The second-order valence-electron chi connectivity index (χ2n) is 4.58. The van der Waals surface area contributed by atoms with Gasteiger partial charge in [-0.3, -0.25) is 14.4 Å². The standard InChI is InChI=1S/C13H13F3N2O5/c14-13(15,16)7-3-1-6(2-4-7)10(21)12(23)18-8(11(17)22)5-9(19)20/h1-4,8,10,21H,5H2,(H2,17,22)(H,18,23)(H,19,20)/t8-,10+/m0/s1. The summed E-state index contributed by atoms with van der Waals surface area (Å²) in [5, 5.41) is 20.3.